The Balaban J connectivity index is 1.83. The van der Waals surface area contributed by atoms with Crippen LogP contribution >= 0.6 is 0 Å². The van der Waals surface area contributed by atoms with E-state index < -0.39 is 0 Å². The van der Waals surface area contributed by atoms with Gasteiger partial charge in [0.25, 0.3) is 0 Å². The quantitative estimate of drug-likeness (QED) is 0.920. The van der Waals surface area contributed by atoms with Gasteiger partial charge >= 0.3 is 6.03 Å². The summed E-state index contributed by atoms with van der Waals surface area (Å²) in [5, 5.41) is 2.99. The van der Waals surface area contributed by atoms with Crippen LogP contribution in [-0.4, -0.2) is 33.6 Å². The van der Waals surface area contributed by atoms with E-state index in [0.29, 0.717) is 12.5 Å². The SMILES string of the molecule is CC(C)Cn1ccnc1CNC(=O)N1CCC(C)CC1. The van der Waals surface area contributed by atoms with Crippen molar-refractivity contribution in [1.29, 1.82) is 0 Å². The van der Waals surface area contributed by atoms with Gasteiger partial charge in [-0.15, -0.1) is 0 Å². The topological polar surface area (TPSA) is 50.2 Å². The van der Waals surface area contributed by atoms with Gasteiger partial charge in [-0.1, -0.05) is 20.8 Å². The molecule has 2 amide bonds. The Labute approximate surface area is 121 Å². The molecular weight excluding hydrogens is 252 g/mol. The normalized spacial score (nSPS) is 16.7. The molecule has 0 aliphatic carbocycles. The summed E-state index contributed by atoms with van der Waals surface area (Å²) in [5.41, 5.74) is 0. The molecule has 2 rings (SSSR count). The summed E-state index contributed by atoms with van der Waals surface area (Å²) in [7, 11) is 0. The summed E-state index contributed by atoms with van der Waals surface area (Å²) in [6.07, 6.45) is 5.99. The van der Waals surface area contributed by atoms with Crippen molar-refractivity contribution in [1.82, 2.24) is 19.8 Å². The molecule has 112 valence electrons. The smallest absolute Gasteiger partial charge is 0.317 e. The number of hydrogen-bond donors (Lipinski definition) is 1. The second-order valence-corrected chi connectivity index (χ2v) is 6.22. The number of aromatic nitrogens is 2. The molecule has 2 heterocycles. The van der Waals surface area contributed by atoms with Crippen LogP contribution in [0.2, 0.25) is 0 Å². The van der Waals surface area contributed by atoms with E-state index in [-0.39, 0.29) is 6.03 Å². The number of likely N-dealkylation sites (tertiary alicyclic amines) is 1. The first-order chi connectivity index (χ1) is 9.56. The minimum absolute atomic E-state index is 0.0380. The van der Waals surface area contributed by atoms with Crippen molar-refractivity contribution in [2.45, 2.75) is 46.7 Å². The fourth-order valence-electron chi connectivity index (χ4n) is 2.55. The zero-order valence-electron chi connectivity index (χ0n) is 12.8. The molecule has 1 N–H and O–H groups in total. The van der Waals surface area contributed by atoms with Crippen molar-refractivity contribution in [2.24, 2.45) is 11.8 Å². The zero-order valence-corrected chi connectivity index (χ0v) is 12.8. The van der Waals surface area contributed by atoms with Crippen LogP contribution in [0.3, 0.4) is 0 Å². The Kier molecular flexibility index (Phi) is 5.04. The van der Waals surface area contributed by atoms with E-state index in [2.05, 4.69) is 35.6 Å². The molecule has 1 aliphatic rings. The third-order valence-corrected chi connectivity index (χ3v) is 3.83. The number of rotatable bonds is 4. The Morgan fingerprint density at radius 3 is 2.80 bits per heavy atom. The number of hydrogen-bond acceptors (Lipinski definition) is 2. The van der Waals surface area contributed by atoms with Crippen LogP contribution in [-0.2, 0) is 13.1 Å². The first-order valence-electron chi connectivity index (χ1n) is 7.59. The van der Waals surface area contributed by atoms with Gasteiger partial charge in [-0.05, 0) is 24.7 Å². The highest BCUT2D eigenvalue weighted by Gasteiger charge is 2.20. The summed E-state index contributed by atoms with van der Waals surface area (Å²) >= 11 is 0. The van der Waals surface area contributed by atoms with Crippen molar-refractivity contribution >= 4 is 6.03 Å². The molecule has 1 aromatic rings. The molecular formula is C15H26N4O. The van der Waals surface area contributed by atoms with Crippen LogP contribution in [0.4, 0.5) is 4.79 Å². The highest BCUT2D eigenvalue weighted by atomic mass is 16.2. The highest BCUT2D eigenvalue weighted by molar-refractivity contribution is 5.74. The lowest BCUT2D eigenvalue weighted by Crippen LogP contribution is -2.44. The summed E-state index contributed by atoms with van der Waals surface area (Å²) in [6.45, 7) is 9.78. The molecule has 0 atom stereocenters. The number of nitrogens with one attached hydrogen (secondary N) is 1. The van der Waals surface area contributed by atoms with E-state index in [1.807, 2.05) is 11.1 Å². The lowest BCUT2D eigenvalue weighted by molar-refractivity contribution is 0.173. The average molecular weight is 278 g/mol. The number of piperidine rings is 1. The first-order valence-corrected chi connectivity index (χ1v) is 7.59. The molecule has 1 aromatic heterocycles. The molecule has 1 saturated heterocycles. The van der Waals surface area contributed by atoms with E-state index in [9.17, 15) is 4.79 Å². The number of carbonyl (C=O) groups is 1. The van der Waals surface area contributed by atoms with E-state index >= 15 is 0 Å². The predicted octanol–water partition coefficient (Wildman–Crippen LogP) is 2.48. The van der Waals surface area contributed by atoms with Gasteiger partial charge in [0.1, 0.15) is 5.82 Å². The Hall–Kier alpha value is -1.52. The molecule has 5 heteroatoms. The van der Waals surface area contributed by atoms with Gasteiger partial charge in [0.2, 0.25) is 0 Å². The minimum atomic E-state index is 0.0380. The maximum Gasteiger partial charge on any atom is 0.317 e. The van der Waals surface area contributed by atoms with Crippen LogP contribution in [0.25, 0.3) is 0 Å². The van der Waals surface area contributed by atoms with Gasteiger partial charge in [0.15, 0.2) is 0 Å². The van der Waals surface area contributed by atoms with Crippen LogP contribution in [0.5, 0.6) is 0 Å². The van der Waals surface area contributed by atoms with Gasteiger partial charge in [0, 0.05) is 32.0 Å². The molecule has 0 unspecified atom stereocenters. The average Bonchev–Trinajstić information content (AvgIpc) is 2.83. The largest absolute Gasteiger partial charge is 0.333 e. The second-order valence-electron chi connectivity index (χ2n) is 6.22. The number of urea groups is 1. The van der Waals surface area contributed by atoms with Gasteiger partial charge in [0.05, 0.1) is 6.54 Å². The fourth-order valence-corrected chi connectivity index (χ4v) is 2.55. The highest BCUT2D eigenvalue weighted by Crippen LogP contribution is 2.15. The van der Waals surface area contributed by atoms with Crippen molar-refractivity contribution in [3.05, 3.63) is 18.2 Å². The molecule has 1 aliphatic heterocycles. The number of nitrogens with zero attached hydrogens (tertiary/aromatic N) is 3. The fraction of sp³-hybridized carbons (Fsp3) is 0.733. The molecule has 0 spiro atoms. The van der Waals surface area contributed by atoms with Crippen molar-refractivity contribution in [3.8, 4) is 0 Å². The summed E-state index contributed by atoms with van der Waals surface area (Å²) in [4.78, 5) is 18.4. The number of imidazole rings is 1. The number of carbonyl (C=O) groups excluding carboxylic acids is 1. The third-order valence-electron chi connectivity index (χ3n) is 3.83. The molecule has 20 heavy (non-hydrogen) atoms. The lowest BCUT2D eigenvalue weighted by Gasteiger charge is -2.30. The maximum atomic E-state index is 12.1. The van der Waals surface area contributed by atoms with Gasteiger partial charge < -0.3 is 14.8 Å². The van der Waals surface area contributed by atoms with Crippen LogP contribution in [0.1, 0.15) is 39.4 Å². The first kappa shape index (κ1) is 14.9. The lowest BCUT2D eigenvalue weighted by atomic mass is 10.00. The molecule has 0 saturated carbocycles. The Morgan fingerprint density at radius 1 is 1.45 bits per heavy atom. The summed E-state index contributed by atoms with van der Waals surface area (Å²) in [6, 6.07) is 0.0380. The zero-order chi connectivity index (χ0) is 14.5. The molecule has 0 aromatic carbocycles. The number of amides is 2. The molecule has 0 radical (unpaired) electrons. The Bertz CT molecular complexity index is 433. The Morgan fingerprint density at radius 2 is 2.15 bits per heavy atom. The van der Waals surface area contributed by atoms with Gasteiger partial charge in [-0.25, -0.2) is 9.78 Å². The molecule has 5 nitrogen and oxygen atoms in total. The predicted molar refractivity (Wildman–Crippen MR) is 79.3 cm³/mol. The van der Waals surface area contributed by atoms with Crippen LogP contribution in [0, 0.1) is 11.8 Å². The summed E-state index contributed by atoms with van der Waals surface area (Å²) < 4.78 is 2.11. The van der Waals surface area contributed by atoms with Crippen molar-refractivity contribution < 1.29 is 4.79 Å². The second kappa shape index (κ2) is 6.77. The monoisotopic (exact) mass is 278 g/mol. The van der Waals surface area contributed by atoms with E-state index in [1.54, 1.807) is 6.20 Å². The minimum Gasteiger partial charge on any atom is -0.333 e. The summed E-state index contributed by atoms with van der Waals surface area (Å²) in [5.74, 6) is 2.24. The van der Waals surface area contributed by atoms with E-state index in [4.69, 9.17) is 0 Å². The van der Waals surface area contributed by atoms with E-state index in [1.165, 1.54) is 0 Å². The van der Waals surface area contributed by atoms with Gasteiger partial charge in [-0.3, -0.25) is 0 Å². The van der Waals surface area contributed by atoms with Crippen LogP contribution < -0.4 is 5.32 Å². The van der Waals surface area contributed by atoms with E-state index in [0.717, 1.165) is 44.2 Å². The molecule has 0 bridgehead atoms. The maximum absolute atomic E-state index is 12.1. The van der Waals surface area contributed by atoms with Crippen molar-refractivity contribution in [2.75, 3.05) is 13.1 Å². The standard InChI is InChI=1S/C15H26N4O/c1-12(2)11-19-9-6-16-14(19)10-17-15(20)18-7-4-13(3)5-8-18/h6,9,12-13H,4-5,7-8,10-11H2,1-3H3,(H,17,20). The van der Waals surface area contributed by atoms with Gasteiger partial charge in [-0.2, -0.15) is 0 Å². The molecule has 1 fully saturated rings. The van der Waals surface area contributed by atoms with Crippen molar-refractivity contribution in [3.63, 3.8) is 0 Å². The van der Waals surface area contributed by atoms with Crippen LogP contribution in [0.15, 0.2) is 12.4 Å². The third kappa shape index (κ3) is 3.99.